The van der Waals surface area contributed by atoms with Gasteiger partial charge in [-0.2, -0.15) is 0 Å². The first kappa shape index (κ1) is 17.7. The molecule has 0 radical (unpaired) electrons. The highest BCUT2D eigenvalue weighted by Gasteiger charge is 2.06. The molecule has 3 nitrogen and oxygen atoms in total. The fraction of sp³-hybridized carbons (Fsp3) is 0.278. The Labute approximate surface area is 146 Å². The van der Waals surface area contributed by atoms with Crippen molar-refractivity contribution in [3.8, 4) is 5.75 Å². The van der Waals surface area contributed by atoms with Gasteiger partial charge in [-0.1, -0.05) is 41.4 Å². The first-order valence-electron chi connectivity index (χ1n) is 7.31. The number of methoxy groups -OCH3 is 1. The lowest BCUT2D eigenvalue weighted by Crippen LogP contribution is -2.24. The quantitative estimate of drug-likeness (QED) is 0.813. The van der Waals surface area contributed by atoms with Crippen molar-refractivity contribution >= 4 is 29.3 Å². The normalized spacial score (nSPS) is 10.4. The summed E-state index contributed by atoms with van der Waals surface area (Å²) in [5.74, 6) is 1.90. The Morgan fingerprint density at radius 3 is 2.65 bits per heavy atom. The summed E-state index contributed by atoms with van der Waals surface area (Å²) >= 11 is 7.54. The van der Waals surface area contributed by atoms with E-state index in [1.165, 1.54) is 17.3 Å². The third kappa shape index (κ3) is 5.81. The van der Waals surface area contributed by atoms with E-state index in [0.717, 1.165) is 16.9 Å². The zero-order valence-electron chi connectivity index (χ0n) is 13.3. The highest BCUT2D eigenvalue weighted by atomic mass is 35.5. The van der Waals surface area contributed by atoms with Gasteiger partial charge in [0, 0.05) is 22.9 Å². The molecule has 0 saturated heterocycles. The fourth-order valence-corrected chi connectivity index (χ4v) is 3.10. The van der Waals surface area contributed by atoms with Gasteiger partial charge in [0.05, 0.1) is 12.9 Å². The molecule has 1 amide bonds. The van der Waals surface area contributed by atoms with Crippen LogP contribution in [0.1, 0.15) is 16.7 Å². The largest absolute Gasteiger partial charge is 0.496 e. The first-order chi connectivity index (χ1) is 11.1. The SMILES string of the molecule is COc1ccc(Cl)cc1CSCC(=O)NCc1ccc(C)cc1. The third-order valence-corrected chi connectivity index (χ3v) is 4.56. The van der Waals surface area contributed by atoms with Gasteiger partial charge in [-0.05, 0) is 30.7 Å². The Morgan fingerprint density at radius 1 is 1.22 bits per heavy atom. The maximum atomic E-state index is 11.9. The molecule has 0 aromatic heterocycles. The molecule has 1 N–H and O–H groups in total. The molecule has 122 valence electrons. The van der Waals surface area contributed by atoms with E-state index in [4.69, 9.17) is 16.3 Å². The van der Waals surface area contributed by atoms with E-state index in [1.54, 1.807) is 13.2 Å². The lowest BCUT2D eigenvalue weighted by molar-refractivity contribution is -0.118. The standard InChI is InChI=1S/C18H20ClNO2S/c1-13-3-5-14(6-4-13)10-20-18(21)12-23-11-15-9-16(19)7-8-17(15)22-2/h3-9H,10-12H2,1-2H3,(H,20,21). The minimum absolute atomic E-state index is 0.0246. The summed E-state index contributed by atoms with van der Waals surface area (Å²) in [6.45, 7) is 2.60. The van der Waals surface area contributed by atoms with Crippen molar-refractivity contribution in [2.45, 2.75) is 19.2 Å². The van der Waals surface area contributed by atoms with Crippen LogP contribution < -0.4 is 10.1 Å². The minimum Gasteiger partial charge on any atom is -0.496 e. The summed E-state index contributed by atoms with van der Waals surface area (Å²) in [6, 6.07) is 13.7. The molecule has 0 saturated carbocycles. The Bertz CT molecular complexity index is 659. The van der Waals surface area contributed by atoms with E-state index < -0.39 is 0 Å². The summed E-state index contributed by atoms with van der Waals surface area (Å²) in [5.41, 5.74) is 3.31. The van der Waals surface area contributed by atoms with Crippen molar-refractivity contribution < 1.29 is 9.53 Å². The third-order valence-electron chi connectivity index (χ3n) is 3.34. The van der Waals surface area contributed by atoms with Gasteiger partial charge in [0.25, 0.3) is 0 Å². The van der Waals surface area contributed by atoms with E-state index in [1.807, 2.05) is 43.3 Å². The molecule has 23 heavy (non-hydrogen) atoms. The molecule has 0 unspecified atom stereocenters. The predicted molar refractivity (Wildman–Crippen MR) is 97.2 cm³/mol. The van der Waals surface area contributed by atoms with E-state index in [9.17, 15) is 4.79 Å². The minimum atomic E-state index is 0.0246. The zero-order valence-corrected chi connectivity index (χ0v) is 14.8. The Balaban J connectivity index is 1.76. The number of carbonyl (C=O) groups is 1. The Morgan fingerprint density at radius 2 is 1.96 bits per heavy atom. The van der Waals surface area contributed by atoms with Crippen molar-refractivity contribution in [3.63, 3.8) is 0 Å². The van der Waals surface area contributed by atoms with Crippen LogP contribution in [-0.4, -0.2) is 18.8 Å². The molecule has 0 aliphatic heterocycles. The second-order valence-corrected chi connectivity index (χ2v) is 6.63. The van der Waals surface area contributed by atoms with Crippen LogP contribution in [0, 0.1) is 6.92 Å². The van der Waals surface area contributed by atoms with Gasteiger partial charge in [-0.3, -0.25) is 4.79 Å². The molecule has 5 heteroatoms. The smallest absolute Gasteiger partial charge is 0.230 e. The van der Waals surface area contributed by atoms with Crippen molar-refractivity contribution in [3.05, 3.63) is 64.2 Å². The number of nitrogens with one attached hydrogen (secondary N) is 1. The van der Waals surface area contributed by atoms with Crippen molar-refractivity contribution in [2.75, 3.05) is 12.9 Å². The Hall–Kier alpha value is -1.65. The number of thioether (sulfide) groups is 1. The number of ether oxygens (including phenoxy) is 1. The molecule has 2 aromatic rings. The molecule has 2 rings (SSSR count). The number of rotatable bonds is 7. The van der Waals surface area contributed by atoms with E-state index >= 15 is 0 Å². The van der Waals surface area contributed by atoms with Crippen LogP contribution in [0.2, 0.25) is 5.02 Å². The highest BCUT2D eigenvalue weighted by molar-refractivity contribution is 7.99. The average molecular weight is 350 g/mol. The van der Waals surface area contributed by atoms with Crippen molar-refractivity contribution in [1.29, 1.82) is 0 Å². The topological polar surface area (TPSA) is 38.3 Å². The molecule has 0 aliphatic rings. The van der Waals surface area contributed by atoms with Gasteiger partial charge >= 0.3 is 0 Å². The summed E-state index contributed by atoms with van der Waals surface area (Å²) in [6.07, 6.45) is 0. The zero-order chi connectivity index (χ0) is 16.7. The van der Waals surface area contributed by atoms with Crippen LogP contribution in [0.5, 0.6) is 5.75 Å². The number of amides is 1. The summed E-state index contributed by atoms with van der Waals surface area (Å²) in [4.78, 5) is 11.9. The highest BCUT2D eigenvalue weighted by Crippen LogP contribution is 2.26. The molecule has 0 fully saturated rings. The van der Waals surface area contributed by atoms with E-state index in [2.05, 4.69) is 5.32 Å². The van der Waals surface area contributed by atoms with Crippen LogP contribution in [-0.2, 0) is 17.1 Å². The van der Waals surface area contributed by atoms with Crippen LogP contribution >= 0.6 is 23.4 Å². The lowest BCUT2D eigenvalue weighted by atomic mass is 10.1. The molecular weight excluding hydrogens is 330 g/mol. The number of halogens is 1. The summed E-state index contributed by atoms with van der Waals surface area (Å²) in [7, 11) is 1.63. The first-order valence-corrected chi connectivity index (χ1v) is 8.84. The maximum absolute atomic E-state index is 11.9. The number of carbonyl (C=O) groups excluding carboxylic acids is 1. The monoisotopic (exact) mass is 349 g/mol. The maximum Gasteiger partial charge on any atom is 0.230 e. The molecule has 0 heterocycles. The number of hydrogen-bond donors (Lipinski definition) is 1. The van der Waals surface area contributed by atoms with Gasteiger partial charge < -0.3 is 10.1 Å². The second kappa shape index (κ2) is 8.85. The van der Waals surface area contributed by atoms with Crippen LogP contribution in [0.3, 0.4) is 0 Å². The molecule has 0 aliphatic carbocycles. The number of benzene rings is 2. The van der Waals surface area contributed by atoms with Crippen LogP contribution in [0.25, 0.3) is 0 Å². The fourth-order valence-electron chi connectivity index (χ4n) is 2.07. The lowest BCUT2D eigenvalue weighted by Gasteiger charge is -2.09. The van der Waals surface area contributed by atoms with E-state index in [0.29, 0.717) is 23.1 Å². The van der Waals surface area contributed by atoms with E-state index in [-0.39, 0.29) is 5.91 Å². The molecule has 0 bridgehead atoms. The molecular formula is C18H20ClNO2S. The van der Waals surface area contributed by atoms with Gasteiger partial charge in [-0.25, -0.2) is 0 Å². The van der Waals surface area contributed by atoms with Crippen molar-refractivity contribution in [1.82, 2.24) is 5.32 Å². The van der Waals surface area contributed by atoms with Gasteiger partial charge in [0.1, 0.15) is 5.75 Å². The number of aryl methyl sites for hydroxylation is 1. The van der Waals surface area contributed by atoms with Crippen LogP contribution in [0.4, 0.5) is 0 Å². The van der Waals surface area contributed by atoms with Gasteiger partial charge in [0.2, 0.25) is 5.91 Å². The average Bonchev–Trinajstić information content (AvgIpc) is 2.54. The predicted octanol–water partition coefficient (Wildman–Crippen LogP) is 4.21. The second-order valence-electron chi connectivity index (χ2n) is 5.21. The summed E-state index contributed by atoms with van der Waals surface area (Å²) < 4.78 is 5.30. The summed E-state index contributed by atoms with van der Waals surface area (Å²) in [5, 5.41) is 3.60. The number of hydrogen-bond acceptors (Lipinski definition) is 3. The Kier molecular flexibility index (Phi) is 6.81. The molecule has 0 spiro atoms. The van der Waals surface area contributed by atoms with Crippen LogP contribution in [0.15, 0.2) is 42.5 Å². The molecule has 2 aromatic carbocycles. The molecule has 0 atom stereocenters. The van der Waals surface area contributed by atoms with Crippen molar-refractivity contribution in [2.24, 2.45) is 0 Å². The van der Waals surface area contributed by atoms with Gasteiger partial charge in [0.15, 0.2) is 0 Å². The van der Waals surface area contributed by atoms with Gasteiger partial charge in [-0.15, -0.1) is 11.8 Å².